The van der Waals surface area contributed by atoms with Gasteiger partial charge in [-0.25, -0.2) is 4.99 Å². The first-order valence-electron chi connectivity index (χ1n) is 10.5. The summed E-state index contributed by atoms with van der Waals surface area (Å²) in [6.07, 6.45) is 4.23. The predicted octanol–water partition coefficient (Wildman–Crippen LogP) is 4.04. The fourth-order valence-electron chi connectivity index (χ4n) is 4.15. The molecule has 1 aliphatic heterocycles. The number of carbonyl (C=O) groups is 1. The summed E-state index contributed by atoms with van der Waals surface area (Å²) in [7, 11) is 1.95. The standard InChI is InChI=1S/C25H23N3O3S/c1-27-11-4-6-18(25(27)26-22(10-14-29)28-12-15-31-16-13-28)17-8-9-20(30)23-19-5-2-3-7-21(19)32-24(17)23/h2-11,14,30H,12-13,15-16H2,1H3/b22-10+,26-25-. The summed E-state index contributed by atoms with van der Waals surface area (Å²) in [4.78, 5) is 18.4. The van der Waals surface area contributed by atoms with Gasteiger partial charge in [0.05, 0.1) is 13.2 Å². The molecule has 2 aromatic heterocycles. The van der Waals surface area contributed by atoms with E-state index in [0.29, 0.717) is 32.1 Å². The Bertz CT molecular complexity index is 1410. The van der Waals surface area contributed by atoms with Crippen LogP contribution in [0.1, 0.15) is 0 Å². The highest BCUT2D eigenvalue weighted by Gasteiger charge is 2.17. The molecule has 1 saturated heterocycles. The number of ether oxygens (including phenoxy) is 1. The Morgan fingerprint density at radius 2 is 1.91 bits per heavy atom. The molecule has 0 spiro atoms. The predicted molar refractivity (Wildman–Crippen MR) is 128 cm³/mol. The summed E-state index contributed by atoms with van der Waals surface area (Å²) >= 11 is 1.66. The number of thiophene rings is 1. The highest BCUT2D eigenvalue weighted by Crippen LogP contribution is 2.43. The van der Waals surface area contributed by atoms with E-state index in [1.54, 1.807) is 17.4 Å². The number of hydrogen-bond donors (Lipinski definition) is 1. The van der Waals surface area contributed by atoms with E-state index in [1.807, 2.05) is 54.2 Å². The second-order valence-corrected chi connectivity index (χ2v) is 8.72. The number of phenols is 1. The number of allylic oxidation sites excluding steroid dienone is 1. The maximum atomic E-state index is 11.4. The van der Waals surface area contributed by atoms with Crippen LogP contribution in [0.15, 0.2) is 71.6 Å². The van der Waals surface area contributed by atoms with Crippen molar-refractivity contribution in [1.82, 2.24) is 9.47 Å². The number of aryl methyl sites for hydroxylation is 1. The Labute approximate surface area is 189 Å². The molecule has 6 nitrogen and oxygen atoms in total. The molecule has 1 N–H and O–H groups in total. The van der Waals surface area contributed by atoms with Gasteiger partial charge < -0.3 is 19.3 Å². The van der Waals surface area contributed by atoms with Crippen molar-refractivity contribution in [2.24, 2.45) is 12.0 Å². The lowest BCUT2D eigenvalue weighted by Gasteiger charge is -2.28. The Balaban J connectivity index is 1.76. The van der Waals surface area contributed by atoms with Gasteiger partial charge in [0.1, 0.15) is 23.3 Å². The molecule has 1 fully saturated rings. The van der Waals surface area contributed by atoms with Gasteiger partial charge in [-0.1, -0.05) is 18.2 Å². The minimum absolute atomic E-state index is 0.273. The number of benzene rings is 2. The Morgan fingerprint density at radius 3 is 2.72 bits per heavy atom. The lowest BCUT2D eigenvalue weighted by molar-refractivity contribution is -0.104. The highest BCUT2D eigenvalue weighted by atomic mass is 32.1. The SMILES string of the molecule is Cn1cccc(-c2ccc(O)c3c2sc2ccccc23)/c1=N/C(=C\C=O)N1CCOCC1. The second-order valence-electron chi connectivity index (χ2n) is 7.66. The van der Waals surface area contributed by atoms with Gasteiger partial charge in [0.2, 0.25) is 0 Å². The lowest BCUT2D eigenvalue weighted by atomic mass is 10.0. The maximum absolute atomic E-state index is 11.4. The summed E-state index contributed by atoms with van der Waals surface area (Å²) in [5.74, 6) is 0.896. The van der Waals surface area contributed by atoms with Gasteiger partial charge in [0.25, 0.3) is 0 Å². The van der Waals surface area contributed by atoms with Crippen molar-refractivity contribution >= 4 is 37.8 Å². The molecular formula is C25H23N3O3S. The van der Waals surface area contributed by atoms with Crippen LogP contribution in [-0.2, 0) is 16.6 Å². The molecule has 0 radical (unpaired) electrons. The van der Waals surface area contributed by atoms with Crippen molar-refractivity contribution in [3.8, 4) is 16.9 Å². The number of rotatable bonds is 4. The van der Waals surface area contributed by atoms with Gasteiger partial charge in [-0.15, -0.1) is 11.3 Å². The van der Waals surface area contributed by atoms with Gasteiger partial charge >= 0.3 is 0 Å². The van der Waals surface area contributed by atoms with E-state index in [0.717, 1.165) is 43.1 Å². The van der Waals surface area contributed by atoms with Gasteiger partial charge in [0, 0.05) is 63.7 Å². The molecule has 4 aromatic rings. The van der Waals surface area contributed by atoms with Gasteiger partial charge in [-0.2, -0.15) is 0 Å². The Morgan fingerprint density at radius 1 is 1.09 bits per heavy atom. The van der Waals surface area contributed by atoms with Crippen LogP contribution in [0.5, 0.6) is 5.75 Å². The number of aromatic nitrogens is 1. The number of carbonyl (C=O) groups excluding carboxylic acids is 1. The molecule has 0 bridgehead atoms. The van der Waals surface area contributed by atoms with E-state index in [-0.39, 0.29) is 5.75 Å². The van der Waals surface area contributed by atoms with Crippen LogP contribution in [-0.4, -0.2) is 47.2 Å². The number of morpholine rings is 1. The lowest BCUT2D eigenvalue weighted by Crippen LogP contribution is -2.36. The molecule has 0 saturated carbocycles. The first kappa shape index (κ1) is 20.5. The van der Waals surface area contributed by atoms with E-state index in [2.05, 4.69) is 11.0 Å². The van der Waals surface area contributed by atoms with Gasteiger partial charge in [0.15, 0.2) is 0 Å². The molecule has 162 valence electrons. The minimum atomic E-state index is 0.273. The quantitative estimate of drug-likeness (QED) is 0.380. The molecule has 0 amide bonds. The van der Waals surface area contributed by atoms with Crippen LogP contribution >= 0.6 is 11.3 Å². The van der Waals surface area contributed by atoms with Crippen LogP contribution in [0.2, 0.25) is 0 Å². The first-order chi connectivity index (χ1) is 15.7. The van der Waals surface area contributed by atoms with E-state index in [9.17, 15) is 9.90 Å². The van der Waals surface area contributed by atoms with Crippen molar-refractivity contribution in [2.45, 2.75) is 0 Å². The van der Waals surface area contributed by atoms with Gasteiger partial charge in [-0.3, -0.25) is 4.79 Å². The molecule has 3 heterocycles. The van der Waals surface area contributed by atoms with Crippen LogP contribution in [0.3, 0.4) is 0 Å². The summed E-state index contributed by atoms with van der Waals surface area (Å²) < 4.78 is 9.55. The van der Waals surface area contributed by atoms with E-state index in [4.69, 9.17) is 9.73 Å². The zero-order valence-corrected chi connectivity index (χ0v) is 18.5. The first-order valence-corrected chi connectivity index (χ1v) is 11.3. The average Bonchev–Trinajstić information content (AvgIpc) is 3.21. The van der Waals surface area contributed by atoms with E-state index in [1.165, 1.54) is 6.08 Å². The van der Waals surface area contributed by atoms with Crippen LogP contribution in [0.25, 0.3) is 31.3 Å². The molecule has 7 heteroatoms. The third-order valence-electron chi connectivity index (χ3n) is 5.71. The average molecular weight is 446 g/mol. The minimum Gasteiger partial charge on any atom is -0.507 e. The number of pyridine rings is 1. The van der Waals surface area contributed by atoms with E-state index < -0.39 is 0 Å². The number of phenolic OH excluding ortho intramolecular Hbond substituents is 1. The molecule has 1 aliphatic rings. The van der Waals surface area contributed by atoms with Crippen molar-refractivity contribution < 1.29 is 14.6 Å². The summed E-state index contributed by atoms with van der Waals surface area (Å²) in [6.45, 7) is 2.60. The number of aldehydes is 1. The smallest absolute Gasteiger partial charge is 0.146 e. The number of hydrogen-bond acceptors (Lipinski definition) is 6. The summed E-state index contributed by atoms with van der Waals surface area (Å²) in [6, 6.07) is 15.8. The van der Waals surface area contributed by atoms with Crippen molar-refractivity contribution in [1.29, 1.82) is 0 Å². The fourth-order valence-corrected chi connectivity index (χ4v) is 5.40. The van der Waals surface area contributed by atoms with Crippen molar-refractivity contribution in [3.63, 3.8) is 0 Å². The molecule has 5 rings (SSSR count). The normalized spacial score (nSPS) is 15.6. The van der Waals surface area contributed by atoms with Crippen molar-refractivity contribution in [3.05, 3.63) is 72.1 Å². The fraction of sp³-hybridized carbons (Fsp3) is 0.200. The monoisotopic (exact) mass is 445 g/mol. The van der Waals surface area contributed by atoms with Crippen LogP contribution in [0.4, 0.5) is 0 Å². The highest BCUT2D eigenvalue weighted by molar-refractivity contribution is 7.26. The third kappa shape index (κ3) is 3.59. The van der Waals surface area contributed by atoms with Crippen LogP contribution in [0, 0.1) is 0 Å². The molecule has 0 unspecified atom stereocenters. The molecule has 0 aliphatic carbocycles. The maximum Gasteiger partial charge on any atom is 0.146 e. The van der Waals surface area contributed by atoms with Gasteiger partial charge in [-0.05, 0) is 30.3 Å². The number of fused-ring (bicyclic) bond motifs is 3. The number of nitrogens with zero attached hydrogens (tertiary/aromatic N) is 3. The topological polar surface area (TPSA) is 67.1 Å². The summed E-state index contributed by atoms with van der Waals surface area (Å²) in [5.41, 5.74) is 2.69. The molecule has 32 heavy (non-hydrogen) atoms. The third-order valence-corrected chi connectivity index (χ3v) is 6.92. The van der Waals surface area contributed by atoms with E-state index >= 15 is 0 Å². The molecule has 0 atom stereocenters. The zero-order chi connectivity index (χ0) is 22.1. The van der Waals surface area contributed by atoms with Crippen LogP contribution < -0.4 is 5.49 Å². The second kappa shape index (κ2) is 8.61. The Kier molecular flexibility index (Phi) is 5.51. The summed E-state index contributed by atoms with van der Waals surface area (Å²) in [5, 5.41) is 12.6. The van der Waals surface area contributed by atoms with Crippen molar-refractivity contribution in [2.75, 3.05) is 26.3 Å². The Hall–Kier alpha value is -3.42. The molecule has 2 aromatic carbocycles. The number of aromatic hydroxyl groups is 1. The molecular weight excluding hydrogens is 422 g/mol. The largest absolute Gasteiger partial charge is 0.507 e. The zero-order valence-electron chi connectivity index (χ0n) is 17.7.